The minimum Gasteiger partial charge on any atom is -0.289 e. The van der Waals surface area contributed by atoms with Gasteiger partial charge in [0.1, 0.15) is 0 Å². The summed E-state index contributed by atoms with van der Waals surface area (Å²) in [6, 6.07) is 12.5. The van der Waals surface area contributed by atoms with Gasteiger partial charge in [-0.25, -0.2) is 0 Å². The highest BCUT2D eigenvalue weighted by Crippen LogP contribution is 2.35. The second kappa shape index (κ2) is 8.68. The Balaban J connectivity index is 1.56. The first-order valence-corrected chi connectivity index (χ1v) is 9.86. The van der Waals surface area contributed by atoms with E-state index in [1.165, 1.54) is 69.8 Å². The summed E-state index contributed by atoms with van der Waals surface area (Å²) in [6.45, 7) is 3.43. The maximum Gasteiger partial charge on any atom is 0.0287 e. The molecule has 2 unspecified atom stereocenters. The van der Waals surface area contributed by atoms with Crippen molar-refractivity contribution >= 4 is 0 Å². The van der Waals surface area contributed by atoms with Gasteiger partial charge in [0.05, 0.1) is 0 Å². The van der Waals surface area contributed by atoms with Crippen LogP contribution in [0.4, 0.5) is 0 Å². The number of piperidine rings is 1. The van der Waals surface area contributed by atoms with Crippen molar-refractivity contribution in [1.29, 1.82) is 0 Å². The first-order valence-electron chi connectivity index (χ1n) is 9.86. The zero-order chi connectivity index (χ0) is 15.9. The molecule has 2 aliphatic rings. The van der Waals surface area contributed by atoms with E-state index in [9.17, 15) is 0 Å². The van der Waals surface area contributed by atoms with Crippen LogP contribution in [0.1, 0.15) is 76.7 Å². The maximum atomic E-state index is 2.78. The molecule has 0 radical (unpaired) electrons. The Labute approximate surface area is 142 Å². The number of rotatable bonds is 8. The molecule has 1 fully saturated rings. The quantitative estimate of drug-likeness (QED) is 0.414. The van der Waals surface area contributed by atoms with Gasteiger partial charge in [0, 0.05) is 18.6 Å². The van der Waals surface area contributed by atoms with Gasteiger partial charge in [0.2, 0.25) is 0 Å². The average Bonchev–Trinajstić information content (AvgIpc) is 2.56. The molecule has 3 rings (SSSR count). The summed E-state index contributed by atoms with van der Waals surface area (Å²) in [5.41, 5.74) is 3.24. The molecule has 1 nitrogen and oxygen atoms in total. The van der Waals surface area contributed by atoms with Gasteiger partial charge in [-0.2, -0.15) is 0 Å². The smallest absolute Gasteiger partial charge is 0.0287 e. The normalized spacial score (nSPS) is 24.5. The summed E-state index contributed by atoms with van der Waals surface area (Å²) in [6.07, 6.45) is 16.5. The second-order valence-electron chi connectivity index (χ2n) is 7.50. The summed E-state index contributed by atoms with van der Waals surface area (Å²) in [4.78, 5) is 2.78. The first-order chi connectivity index (χ1) is 11.4. The zero-order valence-corrected chi connectivity index (χ0v) is 14.8. The lowest BCUT2D eigenvalue weighted by Gasteiger charge is -2.45. The third kappa shape index (κ3) is 4.70. The van der Waals surface area contributed by atoms with Gasteiger partial charge in [0.25, 0.3) is 0 Å². The number of fused-ring (bicyclic) bond motifs is 2. The van der Waals surface area contributed by atoms with E-state index in [0.29, 0.717) is 6.04 Å². The third-order valence-electron chi connectivity index (χ3n) is 5.67. The van der Waals surface area contributed by atoms with Crippen molar-refractivity contribution in [3.05, 3.63) is 47.5 Å². The van der Waals surface area contributed by atoms with Crippen LogP contribution in [0.15, 0.2) is 42.0 Å². The van der Waals surface area contributed by atoms with Crippen molar-refractivity contribution < 1.29 is 0 Å². The maximum absolute atomic E-state index is 2.78. The number of nitrogens with zero attached hydrogens (tertiary/aromatic N) is 1. The second-order valence-corrected chi connectivity index (χ2v) is 7.50. The molecule has 2 bridgehead atoms. The van der Waals surface area contributed by atoms with Gasteiger partial charge < -0.3 is 0 Å². The predicted molar refractivity (Wildman–Crippen MR) is 99.5 cm³/mol. The molecule has 2 atom stereocenters. The highest BCUT2D eigenvalue weighted by atomic mass is 15.2. The SMILES string of the molecule is CCCCCCCC1=CC2CCCC(C1)N2Cc1ccccc1. The molecule has 1 aromatic carbocycles. The topological polar surface area (TPSA) is 3.24 Å². The van der Waals surface area contributed by atoms with Gasteiger partial charge in [0.15, 0.2) is 0 Å². The molecule has 1 heteroatoms. The number of unbranched alkanes of at least 4 members (excludes halogenated alkanes) is 4. The molecule has 2 heterocycles. The van der Waals surface area contributed by atoms with Crippen molar-refractivity contribution in [3.63, 3.8) is 0 Å². The monoisotopic (exact) mass is 311 g/mol. The fraction of sp³-hybridized carbons (Fsp3) is 0.636. The molecular formula is C22H33N. The van der Waals surface area contributed by atoms with Crippen molar-refractivity contribution in [3.8, 4) is 0 Å². The lowest BCUT2D eigenvalue weighted by atomic mass is 9.83. The van der Waals surface area contributed by atoms with Crippen LogP contribution in [0.5, 0.6) is 0 Å². The summed E-state index contributed by atoms with van der Waals surface area (Å²) in [7, 11) is 0. The predicted octanol–water partition coefficient (Wildman–Crippen LogP) is 6.10. The summed E-state index contributed by atoms with van der Waals surface area (Å²) in [5.74, 6) is 0. The van der Waals surface area contributed by atoms with E-state index in [1.54, 1.807) is 5.57 Å². The molecule has 1 saturated heterocycles. The summed E-state index contributed by atoms with van der Waals surface area (Å²) < 4.78 is 0. The summed E-state index contributed by atoms with van der Waals surface area (Å²) in [5, 5.41) is 0. The van der Waals surface area contributed by atoms with E-state index in [-0.39, 0.29) is 0 Å². The Morgan fingerprint density at radius 1 is 1.00 bits per heavy atom. The third-order valence-corrected chi connectivity index (χ3v) is 5.67. The summed E-state index contributed by atoms with van der Waals surface area (Å²) >= 11 is 0. The highest BCUT2D eigenvalue weighted by Gasteiger charge is 2.33. The Bertz CT molecular complexity index is 490. The number of hydrogen-bond acceptors (Lipinski definition) is 1. The van der Waals surface area contributed by atoms with Gasteiger partial charge in [-0.1, -0.05) is 81.0 Å². The molecule has 0 spiro atoms. The Hall–Kier alpha value is -1.08. The van der Waals surface area contributed by atoms with E-state index in [2.05, 4.69) is 48.2 Å². The Kier molecular flexibility index (Phi) is 6.33. The van der Waals surface area contributed by atoms with Crippen LogP contribution in [-0.2, 0) is 6.54 Å². The van der Waals surface area contributed by atoms with Crippen LogP contribution in [0, 0.1) is 0 Å². The number of hydrogen-bond donors (Lipinski definition) is 0. The van der Waals surface area contributed by atoms with Gasteiger partial charge >= 0.3 is 0 Å². The minimum absolute atomic E-state index is 0.702. The van der Waals surface area contributed by atoms with Crippen LogP contribution in [-0.4, -0.2) is 17.0 Å². The fourth-order valence-corrected chi connectivity index (χ4v) is 4.39. The van der Waals surface area contributed by atoms with E-state index in [1.807, 2.05) is 0 Å². The van der Waals surface area contributed by atoms with Crippen molar-refractivity contribution in [2.24, 2.45) is 0 Å². The van der Waals surface area contributed by atoms with E-state index in [0.717, 1.165) is 12.6 Å². The molecule has 23 heavy (non-hydrogen) atoms. The van der Waals surface area contributed by atoms with E-state index >= 15 is 0 Å². The van der Waals surface area contributed by atoms with Crippen LogP contribution < -0.4 is 0 Å². The molecule has 0 aliphatic carbocycles. The lowest BCUT2D eigenvalue weighted by molar-refractivity contribution is 0.0876. The molecule has 126 valence electrons. The van der Waals surface area contributed by atoms with Crippen molar-refractivity contribution in [2.45, 2.75) is 89.8 Å². The molecule has 2 aliphatic heterocycles. The van der Waals surface area contributed by atoms with Crippen molar-refractivity contribution in [2.75, 3.05) is 0 Å². The van der Waals surface area contributed by atoms with E-state index in [4.69, 9.17) is 0 Å². The number of benzene rings is 1. The van der Waals surface area contributed by atoms with Gasteiger partial charge in [-0.15, -0.1) is 0 Å². The molecular weight excluding hydrogens is 278 g/mol. The Morgan fingerprint density at radius 3 is 2.61 bits per heavy atom. The van der Waals surface area contributed by atoms with Crippen LogP contribution in [0.25, 0.3) is 0 Å². The van der Waals surface area contributed by atoms with Crippen LogP contribution in [0.3, 0.4) is 0 Å². The highest BCUT2D eigenvalue weighted by molar-refractivity contribution is 5.20. The van der Waals surface area contributed by atoms with Crippen LogP contribution in [0.2, 0.25) is 0 Å². The van der Waals surface area contributed by atoms with Crippen molar-refractivity contribution in [1.82, 2.24) is 4.90 Å². The molecule has 1 aromatic rings. The zero-order valence-electron chi connectivity index (χ0n) is 14.8. The standard InChI is InChI=1S/C22H33N/c1-2-3-4-5-7-13-20-16-21-14-10-15-22(17-20)23(21)18-19-11-8-6-9-12-19/h6,8-9,11-12,16,21-22H,2-5,7,10,13-15,17-18H2,1H3. The van der Waals surface area contributed by atoms with E-state index < -0.39 is 0 Å². The average molecular weight is 312 g/mol. The van der Waals surface area contributed by atoms with Gasteiger partial charge in [-0.05, 0) is 37.7 Å². The first kappa shape index (κ1) is 16.8. The minimum atomic E-state index is 0.702. The lowest BCUT2D eigenvalue weighted by Crippen LogP contribution is -2.47. The fourth-order valence-electron chi connectivity index (χ4n) is 4.39. The van der Waals surface area contributed by atoms with Gasteiger partial charge in [-0.3, -0.25) is 4.90 Å². The molecule has 0 N–H and O–H groups in total. The Morgan fingerprint density at radius 2 is 1.83 bits per heavy atom. The molecule has 0 saturated carbocycles. The molecule has 0 aromatic heterocycles. The largest absolute Gasteiger partial charge is 0.289 e. The van der Waals surface area contributed by atoms with Crippen LogP contribution >= 0.6 is 0 Å². The molecule has 0 amide bonds.